The highest BCUT2D eigenvalue weighted by atomic mass is 35.5. The molecule has 0 aliphatic rings. The molecule has 1 aromatic carbocycles. The fourth-order valence-electron chi connectivity index (χ4n) is 1.38. The van der Waals surface area contributed by atoms with Crippen molar-refractivity contribution in [1.29, 1.82) is 0 Å². The van der Waals surface area contributed by atoms with E-state index in [9.17, 15) is 0 Å². The van der Waals surface area contributed by atoms with Crippen LogP contribution in [-0.2, 0) is 6.54 Å². The molecule has 0 saturated carbocycles. The maximum atomic E-state index is 5.82. The Labute approximate surface area is 100 Å². The standard InChI is InChI=1S/C13H13ClN2/c1-10-2-7-13(9-15-10)16-8-11-3-5-12(14)6-4-11/h2-7,9,16H,8H2,1H3. The summed E-state index contributed by atoms with van der Waals surface area (Å²) in [6.45, 7) is 2.75. The van der Waals surface area contributed by atoms with Crippen molar-refractivity contribution in [2.45, 2.75) is 13.5 Å². The van der Waals surface area contributed by atoms with Crippen molar-refractivity contribution in [2.24, 2.45) is 0 Å². The number of nitrogens with zero attached hydrogens (tertiary/aromatic N) is 1. The number of aromatic nitrogens is 1. The molecule has 0 spiro atoms. The lowest BCUT2D eigenvalue weighted by molar-refractivity contribution is 1.12. The van der Waals surface area contributed by atoms with Crippen molar-refractivity contribution >= 4 is 17.3 Å². The van der Waals surface area contributed by atoms with E-state index < -0.39 is 0 Å². The smallest absolute Gasteiger partial charge is 0.0529 e. The number of rotatable bonds is 3. The van der Waals surface area contributed by atoms with Crippen LogP contribution in [0.5, 0.6) is 0 Å². The molecule has 0 amide bonds. The normalized spacial score (nSPS) is 10.1. The Morgan fingerprint density at radius 1 is 1.12 bits per heavy atom. The average molecular weight is 233 g/mol. The van der Waals surface area contributed by atoms with E-state index in [2.05, 4.69) is 10.3 Å². The highest BCUT2D eigenvalue weighted by Gasteiger charge is 1.94. The van der Waals surface area contributed by atoms with Gasteiger partial charge in [0.1, 0.15) is 0 Å². The van der Waals surface area contributed by atoms with Gasteiger partial charge in [-0.3, -0.25) is 4.98 Å². The highest BCUT2D eigenvalue weighted by molar-refractivity contribution is 6.30. The number of nitrogens with one attached hydrogen (secondary N) is 1. The predicted octanol–water partition coefficient (Wildman–Crippen LogP) is 3.66. The molecule has 3 heteroatoms. The van der Waals surface area contributed by atoms with Crippen LogP contribution in [0.3, 0.4) is 0 Å². The number of halogens is 1. The first kappa shape index (κ1) is 11.0. The zero-order valence-corrected chi connectivity index (χ0v) is 9.83. The molecular weight excluding hydrogens is 220 g/mol. The van der Waals surface area contributed by atoms with Crippen molar-refractivity contribution in [2.75, 3.05) is 5.32 Å². The van der Waals surface area contributed by atoms with Crippen LogP contribution < -0.4 is 5.32 Å². The van der Waals surface area contributed by atoms with Crippen molar-refractivity contribution in [3.8, 4) is 0 Å². The minimum atomic E-state index is 0.765. The second kappa shape index (κ2) is 4.99. The third-order valence-electron chi connectivity index (χ3n) is 2.32. The second-order valence-corrected chi connectivity index (χ2v) is 4.10. The summed E-state index contributed by atoms with van der Waals surface area (Å²) in [5, 5.41) is 4.07. The topological polar surface area (TPSA) is 24.9 Å². The van der Waals surface area contributed by atoms with E-state index in [0.29, 0.717) is 0 Å². The Morgan fingerprint density at radius 2 is 1.88 bits per heavy atom. The van der Waals surface area contributed by atoms with Gasteiger partial charge >= 0.3 is 0 Å². The molecule has 2 aromatic rings. The molecule has 16 heavy (non-hydrogen) atoms. The first-order chi connectivity index (χ1) is 7.74. The van der Waals surface area contributed by atoms with Gasteiger partial charge in [0, 0.05) is 17.3 Å². The summed E-state index contributed by atoms with van der Waals surface area (Å²) in [5.41, 5.74) is 3.25. The maximum absolute atomic E-state index is 5.82. The number of benzene rings is 1. The Hall–Kier alpha value is -1.54. The Kier molecular flexibility index (Phi) is 3.42. The van der Waals surface area contributed by atoms with Gasteiger partial charge in [-0.15, -0.1) is 0 Å². The maximum Gasteiger partial charge on any atom is 0.0529 e. The Balaban J connectivity index is 1.97. The lowest BCUT2D eigenvalue weighted by Crippen LogP contribution is -1.99. The van der Waals surface area contributed by atoms with Gasteiger partial charge in [0.15, 0.2) is 0 Å². The third-order valence-corrected chi connectivity index (χ3v) is 2.57. The van der Waals surface area contributed by atoms with Gasteiger partial charge in [-0.25, -0.2) is 0 Å². The first-order valence-corrected chi connectivity index (χ1v) is 5.53. The van der Waals surface area contributed by atoms with E-state index in [1.807, 2.05) is 49.5 Å². The molecule has 0 aliphatic heterocycles. The van der Waals surface area contributed by atoms with Crippen LogP contribution in [0.15, 0.2) is 42.6 Å². The molecule has 1 heterocycles. The van der Waals surface area contributed by atoms with Crippen molar-refractivity contribution in [1.82, 2.24) is 4.98 Å². The molecule has 0 unspecified atom stereocenters. The minimum Gasteiger partial charge on any atom is -0.380 e. The zero-order valence-electron chi connectivity index (χ0n) is 9.07. The molecule has 0 radical (unpaired) electrons. The quantitative estimate of drug-likeness (QED) is 0.874. The number of anilines is 1. The van der Waals surface area contributed by atoms with Gasteiger partial charge in [-0.05, 0) is 36.8 Å². The number of hydrogen-bond acceptors (Lipinski definition) is 2. The first-order valence-electron chi connectivity index (χ1n) is 5.15. The minimum absolute atomic E-state index is 0.765. The number of pyridine rings is 1. The van der Waals surface area contributed by atoms with E-state index in [-0.39, 0.29) is 0 Å². The van der Waals surface area contributed by atoms with E-state index in [1.165, 1.54) is 5.56 Å². The van der Waals surface area contributed by atoms with E-state index in [1.54, 1.807) is 0 Å². The molecule has 2 rings (SSSR count). The van der Waals surface area contributed by atoms with E-state index in [0.717, 1.165) is 22.9 Å². The molecule has 0 atom stereocenters. The Morgan fingerprint density at radius 3 is 2.50 bits per heavy atom. The SMILES string of the molecule is Cc1ccc(NCc2ccc(Cl)cc2)cn1. The van der Waals surface area contributed by atoms with Gasteiger partial charge in [-0.1, -0.05) is 23.7 Å². The molecule has 0 saturated heterocycles. The molecular formula is C13H13ClN2. The summed E-state index contributed by atoms with van der Waals surface area (Å²) in [6, 6.07) is 11.8. The van der Waals surface area contributed by atoms with Crippen LogP contribution >= 0.6 is 11.6 Å². The number of hydrogen-bond donors (Lipinski definition) is 1. The summed E-state index contributed by atoms with van der Waals surface area (Å²) in [6.07, 6.45) is 1.84. The summed E-state index contributed by atoms with van der Waals surface area (Å²) < 4.78 is 0. The van der Waals surface area contributed by atoms with Crippen molar-refractivity contribution in [3.63, 3.8) is 0 Å². The monoisotopic (exact) mass is 232 g/mol. The average Bonchev–Trinajstić information content (AvgIpc) is 2.30. The van der Waals surface area contributed by atoms with Gasteiger partial charge in [0.2, 0.25) is 0 Å². The van der Waals surface area contributed by atoms with Crippen LogP contribution in [0.1, 0.15) is 11.3 Å². The van der Waals surface area contributed by atoms with Gasteiger partial charge < -0.3 is 5.32 Å². The predicted molar refractivity (Wildman–Crippen MR) is 67.8 cm³/mol. The molecule has 1 aromatic heterocycles. The van der Waals surface area contributed by atoms with Crippen LogP contribution in [-0.4, -0.2) is 4.98 Å². The molecule has 0 bridgehead atoms. The van der Waals surface area contributed by atoms with Crippen LogP contribution in [0.2, 0.25) is 5.02 Å². The van der Waals surface area contributed by atoms with Crippen molar-refractivity contribution < 1.29 is 0 Å². The molecule has 0 fully saturated rings. The Bertz CT molecular complexity index is 403. The van der Waals surface area contributed by atoms with E-state index in [4.69, 9.17) is 11.6 Å². The molecule has 2 nitrogen and oxygen atoms in total. The fraction of sp³-hybridized carbons (Fsp3) is 0.154. The lowest BCUT2D eigenvalue weighted by atomic mass is 10.2. The fourth-order valence-corrected chi connectivity index (χ4v) is 1.50. The second-order valence-electron chi connectivity index (χ2n) is 3.67. The van der Waals surface area contributed by atoms with Gasteiger partial charge in [-0.2, -0.15) is 0 Å². The molecule has 1 N–H and O–H groups in total. The van der Waals surface area contributed by atoms with Gasteiger partial charge in [0.25, 0.3) is 0 Å². The van der Waals surface area contributed by atoms with E-state index >= 15 is 0 Å². The lowest BCUT2D eigenvalue weighted by Gasteiger charge is -2.06. The zero-order chi connectivity index (χ0) is 11.4. The third kappa shape index (κ3) is 2.97. The van der Waals surface area contributed by atoms with Crippen molar-refractivity contribution in [3.05, 3.63) is 58.9 Å². The van der Waals surface area contributed by atoms with Gasteiger partial charge in [0.05, 0.1) is 11.9 Å². The van der Waals surface area contributed by atoms with Crippen LogP contribution in [0.4, 0.5) is 5.69 Å². The highest BCUT2D eigenvalue weighted by Crippen LogP contribution is 2.12. The molecule has 82 valence electrons. The molecule has 0 aliphatic carbocycles. The number of aryl methyl sites for hydroxylation is 1. The summed E-state index contributed by atoms with van der Waals surface area (Å²) in [4.78, 5) is 4.22. The summed E-state index contributed by atoms with van der Waals surface area (Å²) >= 11 is 5.82. The summed E-state index contributed by atoms with van der Waals surface area (Å²) in [7, 11) is 0. The summed E-state index contributed by atoms with van der Waals surface area (Å²) in [5.74, 6) is 0. The van der Waals surface area contributed by atoms with Crippen LogP contribution in [0.25, 0.3) is 0 Å². The largest absolute Gasteiger partial charge is 0.380 e. The van der Waals surface area contributed by atoms with Crippen LogP contribution in [0, 0.1) is 6.92 Å².